The molecule has 1 atom stereocenters. The van der Waals surface area contributed by atoms with Gasteiger partial charge in [-0.15, -0.1) is 11.3 Å². The number of hydrogen-bond donors (Lipinski definition) is 1. The number of thiophene rings is 1. The van der Waals surface area contributed by atoms with Crippen molar-refractivity contribution >= 4 is 40.8 Å². The summed E-state index contributed by atoms with van der Waals surface area (Å²) in [6.07, 6.45) is 2.31. The molecule has 0 radical (unpaired) electrons. The fraction of sp³-hybridized carbons (Fsp3) is 0.350. The Kier molecular flexibility index (Phi) is 4.89. The highest BCUT2D eigenvalue weighted by Gasteiger charge is 2.54. The quantitative estimate of drug-likeness (QED) is 0.777. The summed E-state index contributed by atoms with van der Waals surface area (Å²) in [6.45, 7) is 0.107. The molecule has 1 aromatic carbocycles. The van der Waals surface area contributed by atoms with E-state index in [1.807, 2.05) is 23.6 Å². The second-order valence-corrected chi connectivity index (χ2v) is 8.65. The van der Waals surface area contributed by atoms with E-state index in [0.29, 0.717) is 18.0 Å². The number of hydrogen-bond acceptors (Lipinski definition) is 4. The number of rotatable bonds is 4. The van der Waals surface area contributed by atoms with E-state index >= 15 is 0 Å². The average molecular weight is 418 g/mol. The Labute approximate surface area is 172 Å². The lowest BCUT2D eigenvalue weighted by atomic mass is 9.80. The van der Waals surface area contributed by atoms with Gasteiger partial charge >= 0.3 is 6.03 Å². The number of urea groups is 1. The van der Waals surface area contributed by atoms with Crippen molar-refractivity contribution in [3.05, 3.63) is 56.7 Å². The molecule has 1 saturated heterocycles. The van der Waals surface area contributed by atoms with E-state index in [4.69, 9.17) is 11.6 Å². The van der Waals surface area contributed by atoms with E-state index in [1.165, 1.54) is 4.90 Å². The Hall–Kier alpha value is -2.38. The normalized spacial score (nSPS) is 21.0. The molecule has 4 rings (SSSR count). The SMILES string of the molecule is CN(Cc1ccc(Cl)cc1)C(=O)CN1C(=O)N[C@]2(CCCc3sccc32)C1=O. The molecule has 28 heavy (non-hydrogen) atoms. The summed E-state index contributed by atoms with van der Waals surface area (Å²) in [5.74, 6) is -0.623. The van der Waals surface area contributed by atoms with E-state index in [9.17, 15) is 14.4 Å². The summed E-state index contributed by atoms with van der Waals surface area (Å²) in [5.41, 5.74) is 0.787. The van der Waals surface area contributed by atoms with Gasteiger partial charge in [0.2, 0.25) is 5.91 Å². The second-order valence-electron chi connectivity index (χ2n) is 7.21. The van der Waals surface area contributed by atoms with Crippen LogP contribution in [0.2, 0.25) is 5.02 Å². The van der Waals surface area contributed by atoms with Crippen molar-refractivity contribution < 1.29 is 14.4 Å². The minimum atomic E-state index is -1.01. The van der Waals surface area contributed by atoms with E-state index < -0.39 is 11.6 Å². The van der Waals surface area contributed by atoms with E-state index in [2.05, 4.69) is 5.32 Å². The van der Waals surface area contributed by atoms with E-state index in [-0.39, 0.29) is 18.4 Å². The third-order valence-corrected chi connectivity index (χ3v) is 6.62. The molecule has 0 bridgehead atoms. The van der Waals surface area contributed by atoms with Gasteiger partial charge in [-0.25, -0.2) is 4.79 Å². The number of aryl methyl sites for hydroxylation is 1. The molecule has 146 valence electrons. The Balaban J connectivity index is 1.48. The third-order valence-electron chi connectivity index (χ3n) is 5.39. The maximum absolute atomic E-state index is 13.2. The number of imide groups is 1. The summed E-state index contributed by atoms with van der Waals surface area (Å²) < 4.78 is 0. The highest BCUT2D eigenvalue weighted by atomic mass is 35.5. The molecule has 6 nitrogen and oxygen atoms in total. The average Bonchev–Trinajstić information content (AvgIpc) is 3.24. The molecule has 8 heteroatoms. The van der Waals surface area contributed by atoms with Crippen molar-refractivity contribution in [3.8, 4) is 0 Å². The van der Waals surface area contributed by atoms with Crippen LogP contribution in [-0.2, 0) is 28.1 Å². The van der Waals surface area contributed by atoms with Gasteiger partial charge in [-0.1, -0.05) is 23.7 Å². The molecule has 2 heterocycles. The molecule has 1 spiro atoms. The molecule has 4 amide bonds. The van der Waals surface area contributed by atoms with E-state index in [0.717, 1.165) is 33.7 Å². The van der Waals surface area contributed by atoms with Gasteiger partial charge in [0.25, 0.3) is 5.91 Å². The van der Waals surface area contributed by atoms with Crippen LogP contribution in [0.15, 0.2) is 35.7 Å². The van der Waals surface area contributed by atoms with Gasteiger partial charge in [0.05, 0.1) is 0 Å². The summed E-state index contributed by atoms with van der Waals surface area (Å²) in [7, 11) is 1.66. The van der Waals surface area contributed by atoms with E-state index in [1.54, 1.807) is 30.5 Å². The number of benzene rings is 1. The highest BCUT2D eigenvalue weighted by Crippen LogP contribution is 2.42. The first kappa shape index (κ1) is 19.0. The minimum Gasteiger partial charge on any atom is -0.340 e. The maximum Gasteiger partial charge on any atom is 0.325 e. The Bertz CT molecular complexity index is 942. The Morgan fingerprint density at radius 1 is 1.29 bits per heavy atom. The van der Waals surface area contributed by atoms with Crippen molar-refractivity contribution in [1.82, 2.24) is 15.1 Å². The summed E-state index contributed by atoms with van der Waals surface area (Å²) >= 11 is 7.49. The standard InChI is InChI=1S/C20H20ClN3O3S/c1-23(11-13-4-6-14(21)7-5-13)17(25)12-24-18(26)20(22-19(24)27)9-2-3-16-15(20)8-10-28-16/h4-8,10H,2-3,9,11-12H2,1H3,(H,22,27)/t20-/m0/s1. The number of halogens is 1. The summed E-state index contributed by atoms with van der Waals surface area (Å²) in [4.78, 5) is 42.1. The maximum atomic E-state index is 13.2. The highest BCUT2D eigenvalue weighted by molar-refractivity contribution is 7.10. The van der Waals surface area contributed by atoms with Crippen LogP contribution >= 0.6 is 22.9 Å². The molecular formula is C20H20ClN3O3S. The Morgan fingerprint density at radius 2 is 2.04 bits per heavy atom. The molecule has 2 aliphatic rings. The van der Waals surface area contributed by atoms with Gasteiger partial charge in [-0.2, -0.15) is 0 Å². The molecule has 1 fully saturated rings. The topological polar surface area (TPSA) is 69.7 Å². The molecule has 2 aromatic rings. The predicted octanol–water partition coefficient (Wildman–Crippen LogP) is 3.14. The second kappa shape index (κ2) is 7.22. The van der Waals surface area contributed by atoms with Crippen LogP contribution in [-0.4, -0.2) is 41.2 Å². The molecule has 1 aliphatic heterocycles. The number of carbonyl (C=O) groups is 3. The molecule has 0 unspecified atom stereocenters. The van der Waals surface area contributed by atoms with Crippen molar-refractivity contribution in [2.45, 2.75) is 31.3 Å². The fourth-order valence-corrected chi connectivity index (χ4v) is 5.02. The predicted molar refractivity (Wildman–Crippen MR) is 107 cm³/mol. The first-order chi connectivity index (χ1) is 13.4. The van der Waals surface area contributed by atoms with Gasteiger partial charge in [-0.05, 0) is 48.4 Å². The summed E-state index contributed by atoms with van der Waals surface area (Å²) in [6, 6.07) is 8.62. The van der Waals surface area contributed by atoms with Gasteiger partial charge in [0, 0.05) is 29.1 Å². The first-order valence-corrected chi connectivity index (χ1v) is 10.4. The monoisotopic (exact) mass is 417 g/mol. The van der Waals surface area contributed by atoms with Crippen molar-refractivity contribution in [2.75, 3.05) is 13.6 Å². The number of nitrogens with one attached hydrogen (secondary N) is 1. The van der Waals surface area contributed by atoms with Crippen LogP contribution in [0.3, 0.4) is 0 Å². The van der Waals surface area contributed by atoms with Gasteiger partial charge in [0.1, 0.15) is 12.1 Å². The zero-order valence-corrected chi connectivity index (χ0v) is 17.0. The van der Waals surface area contributed by atoms with Gasteiger partial charge < -0.3 is 10.2 Å². The molecule has 1 aliphatic carbocycles. The van der Waals surface area contributed by atoms with Crippen LogP contribution in [0.5, 0.6) is 0 Å². The lowest BCUT2D eigenvalue weighted by molar-refractivity contribution is -0.139. The number of nitrogens with zero attached hydrogens (tertiary/aromatic N) is 2. The van der Waals surface area contributed by atoms with Crippen molar-refractivity contribution in [3.63, 3.8) is 0 Å². The smallest absolute Gasteiger partial charge is 0.325 e. The Morgan fingerprint density at radius 3 is 2.79 bits per heavy atom. The lowest BCUT2D eigenvalue weighted by Gasteiger charge is -2.31. The number of carbonyl (C=O) groups excluding carboxylic acids is 3. The van der Waals surface area contributed by atoms with Crippen LogP contribution in [0.4, 0.5) is 4.79 Å². The fourth-order valence-electron chi connectivity index (χ4n) is 3.89. The van der Waals surface area contributed by atoms with Crippen LogP contribution < -0.4 is 5.32 Å². The zero-order chi connectivity index (χ0) is 19.9. The van der Waals surface area contributed by atoms with Crippen LogP contribution in [0, 0.1) is 0 Å². The van der Waals surface area contributed by atoms with Crippen LogP contribution in [0.1, 0.15) is 28.8 Å². The zero-order valence-electron chi connectivity index (χ0n) is 15.4. The first-order valence-electron chi connectivity index (χ1n) is 9.10. The summed E-state index contributed by atoms with van der Waals surface area (Å²) in [5, 5.41) is 5.45. The van der Waals surface area contributed by atoms with Crippen molar-refractivity contribution in [1.29, 1.82) is 0 Å². The van der Waals surface area contributed by atoms with Crippen LogP contribution in [0.25, 0.3) is 0 Å². The van der Waals surface area contributed by atoms with Gasteiger partial charge in [-0.3, -0.25) is 14.5 Å². The van der Waals surface area contributed by atoms with Crippen molar-refractivity contribution in [2.24, 2.45) is 0 Å². The number of likely N-dealkylation sites (N-methyl/N-ethyl adjacent to an activating group) is 1. The third kappa shape index (κ3) is 3.18. The molecular weight excluding hydrogens is 398 g/mol. The van der Waals surface area contributed by atoms with Gasteiger partial charge in [0.15, 0.2) is 0 Å². The number of amides is 4. The largest absolute Gasteiger partial charge is 0.340 e. The molecule has 0 saturated carbocycles. The minimum absolute atomic E-state index is 0.268. The molecule has 1 N–H and O–H groups in total. The molecule has 1 aromatic heterocycles. The number of fused-ring (bicyclic) bond motifs is 2. The lowest BCUT2D eigenvalue weighted by Crippen LogP contribution is -2.46.